The largest absolute Gasteiger partial charge is 0.341 e. The first-order valence-electron chi connectivity index (χ1n) is 13.9. The molecule has 0 atom stereocenters. The van der Waals surface area contributed by atoms with Crippen molar-refractivity contribution < 1.29 is 9.59 Å². The van der Waals surface area contributed by atoms with Gasteiger partial charge in [0.2, 0.25) is 0 Å². The number of anilines is 2. The van der Waals surface area contributed by atoms with Crippen LogP contribution in [0.3, 0.4) is 0 Å². The number of amides is 2. The van der Waals surface area contributed by atoms with Gasteiger partial charge in [0.1, 0.15) is 0 Å². The molecule has 2 heterocycles. The molecular weight excluding hydrogens is 544 g/mol. The third-order valence-electron chi connectivity index (χ3n) is 7.53. The topological polar surface area (TPSA) is 57.6 Å². The highest BCUT2D eigenvalue weighted by molar-refractivity contribution is 6.35. The summed E-state index contributed by atoms with van der Waals surface area (Å²) in [5.74, 6) is -0.441. The maximum absolute atomic E-state index is 14.0. The van der Waals surface area contributed by atoms with Crippen molar-refractivity contribution >= 4 is 34.8 Å². The number of halogens is 1. The highest BCUT2D eigenvalue weighted by Crippen LogP contribution is 2.33. The summed E-state index contributed by atoms with van der Waals surface area (Å²) in [5, 5.41) is 3.23. The van der Waals surface area contributed by atoms with Crippen molar-refractivity contribution in [1.82, 2.24) is 9.47 Å². The number of nitrogens with zero attached hydrogens (tertiary/aromatic N) is 3. The Kier molecular flexibility index (Phi) is 7.66. The summed E-state index contributed by atoms with van der Waals surface area (Å²) in [7, 11) is 4.10. The van der Waals surface area contributed by atoms with Gasteiger partial charge in [-0.25, -0.2) is 0 Å². The van der Waals surface area contributed by atoms with E-state index in [0.717, 1.165) is 34.6 Å². The summed E-state index contributed by atoms with van der Waals surface area (Å²) in [6.07, 6.45) is 0. The van der Waals surface area contributed by atoms with Crippen molar-refractivity contribution in [1.29, 1.82) is 0 Å². The zero-order chi connectivity index (χ0) is 29.2. The molecule has 6 rings (SSSR count). The molecule has 4 aromatic carbocycles. The molecule has 0 saturated heterocycles. The van der Waals surface area contributed by atoms with Gasteiger partial charge in [0.05, 0.1) is 17.1 Å². The standard InChI is InChI=1S/C35H31ClN4O2/c1-38(2)22-27-17-18-28-23-40(33-15-9-6-12-25(33)21-39(27)28)35(42)31-19-16-26(20-32(31)36)37-34(41)30-14-8-7-13-29(30)24-10-4-3-5-11-24/h3-20H,21-23H2,1-2H3,(H,37,41). The number of carbonyl (C=O) groups excluding carboxylic acids is 2. The first-order valence-corrected chi connectivity index (χ1v) is 14.2. The molecule has 0 unspecified atom stereocenters. The molecule has 1 N–H and O–H groups in total. The van der Waals surface area contributed by atoms with Gasteiger partial charge in [-0.05, 0) is 73.3 Å². The summed E-state index contributed by atoms with van der Waals surface area (Å²) in [4.78, 5) is 31.3. The van der Waals surface area contributed by atoms with Crippen LogP contribution in [0.2, 0.25) is 5.02 Å². The Labute approximate surface area is 250 Å². The van der Waals surface area contributed by atoms with Crippen LogP contribution in [0, 0.1) is 0 Å². The lowest BCUT2D eigenvalue weighted by Gasteiger charge is -2.23. The highest BCUT2D eigenvalue weighted by Gasteiger charge is 2.27. The van der Waals surface area contributed by atoms with Crippen molar-refractivity contribution in [2.24, 2.45) is 0 Å². The molecule has 42 heavy (non-hydrogen) atoms. The summed E-state index contributed by atoms with van der Waals surface area (Å²) in [6.45, 7) is 1.92. The van der Waals surface area contributed by atoms with E-state index in [1.54, 1.807) is 29.2 Å². The predicted octanol–water partition coefficient (Wildman–Crippen LogP) is 7.33. The van der Waals surface area contributed by atoms with Crippen molar-refractivity contribution in [3.05, 3.63) is 142 Å². The van der Waals surface area contributed by atoms with Crippen molar-refractivity contribution in [3.63, 3.8) is 0 Å². The average Bonchev–Trinajstić information content (AvgIpc) is 3.26. The normalized spacial score (nSPS) is 12.4. The molecule has 1 aromatic heterocycles. The number of benzene rings is 4. The lowest BCUT2D eigenvalue weighted by atomic mass is 9.99. The van der Waals surface area contributed by atoms with E-state index in [1.807, 2.05) is 66.7 Å². The smallest absolute Gasteiger partial charge is 0.260 e. The molecule has 0 spiro atoms. The molecule has 0 radical (unpaired) electrons. The number of aromatic nitrogens is 1. The number of nitrogens with one attached hydrogen (secondary N) is 1. The molecule has 6 nitrogen and oxygen atoms in total. The van der Waals surface area contributed by atoms with Crippen molar-refractivity contribution in [3.8, 4) is 11.1 Å². The van der Waals surface area contributed by atoms with E-state index in [2.05, 4.69) is 47.1 Å². The predicted molar refractivity (Wildman–Crippen MR) is 169 cm³/mol. The number of para-hydroxylation sites is 1. The third kappa shape index (κ3) is 5.47. The SMILES string of the molecule is CN(C)Cc1ccc2n1Cc1ccccc1N(C(=O)c1ccc(NC(=O)c3ccccc3-c3ccccc3)cc1Cl)C2. The minimum absolute atomic E-state index is 0.191. The Morgan fingerprint density at radius 3 is 2.33 bits per heavy atom. The van der Waals surface area contributed by atoms with Crippen LogP contribution in [0.25, 0.3) is 11.1 Å². The zero-order valence-electron chi connectivity index (χ0n) is 23.5. The number of hydrogen-bond donors (Lipinski definition) is 1. The average molecular weight is 575 g/mol. The Hall–Kier alpha value is -4.65. The fraction of sp³-hybridized carbons (Fsp3) is 0.143. The van der Waals surface area contributed by atoms with Crippen LogP contribution in [-0.4, -0.2) is 35.4 Å². The molecule has 210 valence electrons. The van der Waals surface area contributed by atoms with Gasteiger partial charge in [-0.3, -0.25) is 9.59 Å². The van der Waals surface area contributed by atoms with E-state index >= 15 is 0 Å². The van der Waals surface area contributed by atoms with Crippen LogP contribution < -0.4 is 10.2 Å². The molecule has 1 aliphatic rings. The fourth-order valence-electron chi connectivity index (χ4n) is 5.53. The van der Waals surface area contributed by atoms with Gasteiger partial charge in [-0.1, -0.05) is 78.3 Å². The van der Waals surface area contributed by atoms with Gasteiger partial charge in [0.15, 0.2) is 0 Å². The summed E-state index contributed by atoms with van der Waals surface area (Å²) < 4.78 is 2.29. The second kappa shape index (κ2) is 11.7. The summed E-state index contributed by atoms with van der Waals surface area (Å²) in [5.41, 5.74) is 7.44. The summed E-state index contributed by atoms with van der Waals surface area (Å²) in [6, 6.07) is 34.6. The van der Waals surface area contributed by atoms with E-state index in [-0.39, 0.29) is 16.8 Å². The van der Waals surface area contributed by atoms with Gasteiger partial charge < -0.3 is 19.7 Å². The molecule has 5 aromatic rings. The van der Waals surface area contributed by atoms with Crippen LogP contribution in [0.15, 0.2) is 109 Å². The monoisotopic (exact) mass is 574 g/mol. The lowest BCUT2D eigenvalue weighted by Crippen LogP contribution is -2.31. The van der Waals surface area contributed by atoms with Crippen LogP contribution in [0.1, 0.15) is 37.7 Å². The first-order chi connectivity index (χ1) is 20.4. The van der Waals surface area contributed by atoms with Gasteiger partial charge in [0, 0.05) is 41.4 Å². The maximum Gasteiger partial charge on any atom is 0.260 e. The van der Waals surface area contributed by atoms with E-state index in [4.69, 9.17) is 11.6 Å². The van der Waals surface area contributed by atoms with Crippen LogP contribution in [0.4, 0.5) is 11.4 Å². The van der Waals surface area contributed by atoms with Gasteiger partial charge in [-0.2, -0.15) is 0 Å². The second-order valence-corrected chi connectivity index (χ2v) is 11.1. The Morgan fingerprint density at radius 2 is 1.55 bits per heavy atom. The molecule has 0 fully saturated rings. The lowest BCUT2D eigenvalue weighted by molar-refractivity contribution is 0.0984. The number of hydrogen-bond acceptors (Lipinski definition) is 3. The van der Waals surface area contributed by atoms with Gasteiger partial charge >= 0.3 is 0 Å². The van der Waals surface area contributed by atoms with E-state index in [9.17, 15) is 9.59 Å². The zero-order valence-corrected chi connectivity index (χ0v) is 24.3. The molecular formula is C35H31ClN4O2. The third-order valence-corrected chi connectivity index (χ3v) is 7.84. The van der Waals surface area contributed by atoms with Crippen molar-refractivity contribution in [2.75, 3.05) is 24.3 Å². The van der Waals surface area contributed by atoms with E-state index in [1.165, 1.54) is 5.69 Å². The van der Waals surface area contributed by atoms with Gasteiger partial charge in [-0.15, -0.1) is 0 Å². The van der Waals surface area contributed by atoms with Crippen LogP contribution in [-0.2, 0) is 19.6 Å². The highest BCUT2D eigenvalue weighted by atomic mass is 35.5. The molecule has 7 heteroatoms. The van der Waals surface area contributed by atoms with Gasteiger partial charge in [0.25, 0.3) is 11.8 Å². The number of carbonyl (C=O) groups is 2. The molecule has 0 saturated carbocycles. The second-order valence-electron chi connectivity index (χ2n) is 10.7. The Bertz CT molecular complexity index is 1780. The molecule has 0 bridgehead atoms. The minimum Gasteiger partial charge on any atom is -0.341 e. The molecule has 1 aliphatic heterocycles. The fourth-order valence-corrected chi connectivity index (χ4v) is 5.79. The van der Waals surface area contributed by atoms with E-state index < -0.39 is 0 Å². The van der Waals surface area contributed by atoms with Crippen LogP contribution >= 0.6 is 11.6 Å². The first kappa shape index (κ1) is 27.5. The van der Waals surface area contributed by atoms with E-state index in [0.29, 0.717) is 29.9 Å². The number of fused-ring (bicyclic) bond motifs is 2. The molecule has 0 aliphatic carbocycles. The Morgan fingerprint density at radius 1 is 0.810 bits per heavy atom. The quantitative estimate of drug-likeness (QED) is 0.231. The minimum atomic E-state index is -0.250. The number of rotatable bonds is 6. The molecule has 2 amide bonds. The summed E-state index contributed by atoms with van der Waals surface area (Å²) >= 11 is 6.72. The van der Waals surface area contributed by atoms with Crippen molar-refractivity contribution in [2.45, 2.75) is 19.6 Å². The maximum atomic E-state index is 14.0. The van der Waals surface area contributed by atoms with Crippen LogP contribution in [0.5, 0.6) is 0 Å². The Balaban J connectivity index is 1.27.